The van der Waals surface area contributed by atoms with Gasteiger partial charge in [0.25, 0.3) is 0 Å². The van der Waals surface area contributed by atoms with Gasteiger partial charge in [0.2, 0.25) is 0 Å². The molecule has 1 heterocycles. The molecule has 62 heavy (non-hydrogen) atoms. The van der Waals surface area contributed by atoms with Gasteiger partial charge in [-0.2, -0.15) is 0 Å². The van der Waals surface area contributed by atoms with Crippen molar-refractivity contribution in [3.8, 4) is 0 Å². The van der Waals surface area contributed by atoms with E-state index < -0.39 is 0 Å². The summed E-state index contributed by atoms with van der Waals surface area (Å²) in [5, 5.41) is 5.88. The summed E-state index contributed by atoms with van der Waals surface area (Å²) in [5.74, 6) is 0. The predicted octanol–water partition coefficient (Wildman–Crippen LogP) is 16.6. The maximum absolute atomic E-state index is 4.40. The molecule has 316 valence electrons. The highest BCUT2D eigenvalue weighted by atomic mass is 15.1. The van der Waals surface area contributed by atoms with Crippen molar-refractivity contribution in [1.82, 2.24) is 0 Å². The fourth-order valence-corrected chi connectivity index (χ4v) is 7.91. The summed E-state index contributed by atoms with van der Waals surface area (Å²) in [7, 11) is 2.10. The van der Waals surface area contributed by atoms with Crippen molar-refractivity contribution in [3.05, 3.63) is 245 Å². The molecule has 2 heteroatoms. The number of hydrogen-bond acceptors (Lipinski definition) is 2. The summed E-state index contributed by atoms with van der Waals surface area (Å²) < 4.78 is 0. The third kappa shape index (κ3) is 11.8. The summed E-state index contributed by atoms with van der Waals surface area (Å²) in [4.78, 5) is 2.17. The van der Waals surface area contributed by atoms with Crippen molar-refractivity contribution >= 4 is 39.0 Å². The Morgan fingerprint density at radius 2 is 1.29 bits per heavy atom. The third-order valence-electron chi connectivity index (χ3n) is 11.4. The van der Waals surface area contributed by atoms with Crippen LogP contribution in [0.25, 0.3) is 27.6 Å². The molecule has 2 nitrogen and oxygen atoms in total. The molecule has 0 bridgehead atoms. The van der Waals surface area contributed by atoms with Crippen molar-refractivity contribution in [2.75, 3.05) is 17.3 Å². The van der Waals surface area contributed by atoms with Crippen LogP contribution in [0.1, 0.15) is 91.1 Å². The van der Waals surface area contributed by atoms with Gasteiger partial charge in [0.05, 0.1) is 0 Å². The average Bonchev–Trinajstić information content (AvgIpc) is 3.29. The molecule has 0 spiro atoms. The van der Waals surface area contributed by atoms with E-state index in [-0.39, 0.29) is 5.41 Å². The average molecular weight is 815 g/mol. The predicted molar refractivity (Wildman–Crippen MR) is 275 cm³/mol. The van der Waals surface area contributed by atoms with E-state index in [0.717, 1.165) is 35.4 Å². The lowest BCUT2D eigenvalue weighted by Gasteiger charge is -2.31. The molecule has 0 saturated carbocycles. The molecule has 0 aliphatic carbocycles. The van der Waals surface area contributed by atoms with Gasteiger partial charge in [-0.1, -0.05) is 205 Å². The van der Waals surface area contributed by atoms with E-state index in [9.17, 15) is 0 Å². The molecule has 7 aromatic carbocycles. The number of nitrogens with zero attached hydrogens (tertiary/aromatic N) is 1. The van der Waals surface area contributed by atoms with E-state index in [1.807, 2.05) is 44.2 Å². The molecule has 0 atom stereocenters. The van der Waals surface area contributed by atoms with Crippen molar-refractivity contribution in [1.29, 1.82) is 0 Å². The Kier molecular flexibility index (Phi) is 16.7. The Morgan fingerprint density at radius 1 is 0.645 bits per heavy atom. The second-order valence-electron chi connectivity index (χ2n) is 16.3. The highest BCUT2D eigenvalue weighted by Gasteiger charge is 2.27. The zero-order chi connectivity index (χ0) is 44.6. The molecule has 0 aromatic heterocycles. The second-order valence-corrected chi connectivity index (χ2v) is 16.3. The Morgan fingerprint density at radius 3 is 2.00 bits per heavy atom. The number of nitrogens with one attached hydrogen (secondary N) is 1. The third-order valence-corrected chi connectivity index (χ3v) is 11.4. The number of aryl methyl sites for hydroxylation is 4. The fraction of sp³-hybridized carbons (Fsp3) is 0.200. The summed E-state index contributed by atoms with van der Waals surface area (Å²) in [5.41, 5.74) is 17.0. The molecule has 8 rings (SSSR count). The van der Waals surface area contributed by atoms with Crippen molar-refractivity contribution in [2.45, 2.75) is 73.6 Å². The van der Waals surface area contributed by atoms with Crippen LogP contribution in [-0.2, 0) is 11.8 Å². The van der Waals surface area contributed by atoms with Crippen LogP contribution in [0.5, 0.6) is 0 Å². The standard InChI is InChI=1S/C32H35N.C19H17N.C7H8.C2H6/c1-7-12-25-13-8-10-15-29(25)32(4,5)30-22-26(18-17-23(30)2)27-19-20-33(6)31-16-11-9-14-28(31)24(3)21-27;1-14-7-3-6-10-19(14)20-15(2)17-12-11-16-8-4-5-9-18(16)13-17;1-7-5-3-2-4-6-7;1-2/h8-11,13-22H,3,7,12H2,1-2,4-6H3;3-13,20H,2H2,1H3;2-6H,1H3;1-2H3/b20-19-,27-21+;;;. The molecule has 1 aliphatic rings. The van der Waals surface area contributed by atoms with Crippen molar-refractivity contribution < 1.29 is 0 Å². The minimum atomic E-state index is -0.0852. The normalized spacial score (nSPS) is 13.2. The van der Waals surface area contributed by atoms with Gasteiger partial charge in [-0.3, -0.25) is 0 Å². The van der Waals surface area contributed by atoms with E-state index in [1.165, 1.54) is 66.5 Å². The second kappa shape index (κ2) is 22.3. The van der Waals surface area contributed by atoms with Gasteiger partial charge < -0.3 is 10.2 Å². The minimum Gasteiger partial charge on any atom is -0.355 e. The minimum absolute atomic E-state index is 0.0852. The fourth-order valence-electron chi connectivity index (χ4n) is 7.91. The molecular weight excluding hydrogens is 749 g/mol. The van der Waals surface area contributed by atoms with Gasteiger partial charge in [0, 0.05) is 41.3 Å². The maximum Gasteiger partial charge on any atom is 0.0482 e. The summed E-state index contributed by atoms with van der Waals surface area (Å²) in [6.45, 7) is 25.9. The van der Waals surface area contributed by atoms with Gasteiger partial charge in [-0.15, -0.1) is 0 Å². The first-order chi connectivity index (χ1) is 30.0. The largest absolute Gasteiger partial charge is 0.355 e. The zero-order valence-electron chi connectivity index (χ0n) is 38.6. The van der Waals surface area contributed by atoms with E-state index in [1.54, 1.807) is 0 Å². The first kappa shape index (κ1) is 46.4. The van der Waals surface area contributed by atoms with Crippen LogP contribution < -0.4 is 10.2 Å². The first-order valence-corrected chi connectivity index (χ1v) is 22.1. The molecule has 7 aromatic rings. The van der Waals surface area contributed by atoms with Crippen LogP contribution in [0.2, 0.25) is 0 Å². The lowest BCUT2D eigenvalue weighted by atomic mass is 9.73. The van der Waals surface area contributed by atoms with Crippen LogP contribution in [0.3, 0.4) is 0 Å². The van der Waals surface area contributed by atoms with E-state index >= 15 is 0 Å². The lowest BCUT2D eigenvalue weighted by Crippen LogP contribution is -2.22. The Balaban J connectivity index is 0.000000210. The van der Waals surface area contributed by atoms with Gasteiger partial charge >= 0.3 is 0 Å². The van der Waals surface area contributed by atoms with Gasteiger partial charge in [-0.05, 0) is 118 Å². The van der Waals surface area contributed by atoms with E-state index in [4.69, 9.17) is 0 Å². The van der Waals surface area contributed by atoms with Crippen LogP contribution in [0.15, 0.2) is 195 Å². The van der Waals surface area contributed by atoms with E-state index in [2.05, 4.69) is 224 Å². The molecule has 1 aliphatic heterocycles. The molecule has 0 unspecified atom stereocenters. The van der Waals surface area contributed by atoms with E-state index in [0.29, 0.717) is 0 Å². The molecular formula is C60H66N2. The van der Waals surface area contributed by atoms with Gasteiger partial charge in [-0.25, -0.2) is 0 Å². The molecule has 0 fully saturated rings. The number of allylic oxidation sites excluding steroid dienone is 4. The number of hydrogen-bond donors (Lipinski definition) is 1. The van der Waals surface area contributed by atoms with Crippen LogP contribution in [0.4, 0.5) is 11.4 Å². The summed E-state index contributed by atoms with van der Waals surface area (Å²) >= 11 is 0. The number of anilines is 2. The molecule has 0 amide bonds. The Bertz CT molecular complexity index is 2640. The highest BCUT2D eigenvalue weighted by molar-refractivity contribution is 5.92. The first-order valence-electron chi connectivity index (χ1n) is 22.1. The van der Waals surface area contributed by atoms with Crippen molar-refractivity contribution in [3.63, 3.8) is 0 Å². The number of benzene rings is 7. The lowest BCUT2D eigenvalue weighted by molar-refractivity contribution is 0.625. The van der Waals surface area contributed by atoms with Crippen LogP contribution >= 0.6 is 0 Å². The smallest absolute Gasteiger partial charge is 0.0482 e. The van der Waals surface area contributed by atoms with Crippen molar-refractivity contribution in [2.24, 2.45) is 0 Å². The quantitative estimate of drug-likeness (QED) is 0.164. The van der Waals surface area contributed by atoms with Crippen LogP contribution in [-0.4, -0.2) is 7.05 Å². The van der Waals surface area contributed by atoms with Gasteiger partial charge in [0.1, 0.15) is 0 Å². The van der Waals surface area contributed by atoms with Crippen LogP contribution in [0, 0.1) is 20.8 Å². The maximum atomic E-state index is 4.40. The zero-order valence-corrected chi connectivity index (χ0v) is 38.6. The molecule has 1 N–H and O–H groups in total. The topological polar surface area (TPSA) is 15.3 Å². The Labute approximate surface area is 373 Å². The highest BCUT2D eigenvalue weighted by Crippen LogP contribution is 2.39. The summed E-state index contributed by atoms with van der Waals surface area (Å²) in [6.07, 6.45) is 8.83. The Hall–Kier alpha value is -6.64. The number of fused-ring (bicyclic) bond motifs is 2. The molecule has 0 radical (unpaired) electrons. The monoisotopic (exact) mass is 815 g/mol. The SMILES string of the molecule is C=C(Nc1ccccc1C)c1ccc2ccccc2c1.C=C1/C=C(c2ccc(C)c(C(C)(C)c3ccccc3CCC)c2)\C=C/N(C)c2ccccc21.CC.Cc1ccccc1. The summed E-state index contributed by atoms with van der Waals surface area (Å²) in [6, 6.07) is 57.5. The number of para-hydroxylation sites is 2. The molecule has 0 saturated heterocycles. The number of rotatable bonds is 8. The van der Waals surface area contributed by atoms with Gasteiger partial charge in [0.15, 0.2) is 0 Å².